The van der Waals surface area contributed by atoms with Gasteiger partial charge in [0.15, 0.2) is 6.10 Å². The average molecular weight is 495 g/mol. The molecule has 0 saturated carbocycles. The highest BCUT2D eigenvalue weighted by molar-refractivity contribution is 7.92. The van der Waals surface area contributed by atoms with Gasteiger partial charge in [-0.1, -0.05) is 49.7 Å². The van der Waals surface area contributed by atoms with Crippen molar-refractivity contribution in [3.8, 4) is 11.5 Å². The van der Waals surface area contributed by atoms with E-state index in [9.17, 15) is 13.2 Å². The first kappa shape index (κ1) is 24.6. The monoisotopic (exact) mass is 494 g/mol. The first-order valence-electron chi connectivity index (χ1n) is 11.7. The number of rotatable bonds is 9. The number of nitrogens with zero attached hydrogens (tertiary/aromatic N) is 1. The standard InChI is InChI=1S/C27H30N2O5S/c1-3-7-21-11-13-22(14-12-21)33-17-16-28-27(30)26-19-29(24-15-10-20(2)18-25(24)34-26)35(31,32)23-8-5-4-6-9-23/h4-6,8-15,18,26H,3,7,16-17,19H2,1-2H3,(H,28,30). The Labute approximate surface area is 206 Å². The van der Waals surface area contributed by atoms with Gasteiger partial charge in [0.25, 0.3) is 15.9 Å². The maximum absolute atomic E-state index is 13.4. The number of ether oxygens (including phenoxy) is 2. The van der Waals surface area contributed by atoms with E-state index >= 15 is 0 Å². The highest BCUT2D eigenvalue weighted by Crippen LogP contribution is 2.37. The molecule has 0 bridgehead atoms. The molecule has 7 nitrogen and oxygen atoms in total. The second-order valence-corrected chi connectivity index (χ2v) is 10.3. The van der Waals surface area contributed by atoms with E-state index in [1.807, 2.05) is 37.3 Å². The van der Waals surface area contributed by atoms with E-state index in [0.29, 0.717) is 11.4 Å². The third-order valence-electron chi connectivity index (χ3n) is 5.74. The molecule has 3 aromatic carbocycles. The van der Waals surface area contributed by atoms with E-state index in [1.54, 1.807) is 42.5 Å². The van der Waals surface area contributed by atoms with Crippen LogP contribution in [0.25, 0.3) is 0 Å². The molecule has 0 radical (unpaired) electrons. The van der Waals surface area contributed by atoms with Crippen LogP contribution in [0.1, 0.15) is 24.5 Å². The van der Waals surface area contributed by atoms with Crippen molar-refractivity contribution in [2.75, 3.05) is 24.0 Å². The van der Waals surface area contributed by atoms with Crippen molar-refractivity contribution in [2.45, 2.75) is 37.7 Å². The number of hydrogen-bond acceptors (Lipinski definition) is 5. The molecule has 1 atom stereocenters. The molecule has 0 saturated heterocycles. The van der Waals surface area contributed by atoms with Gasteiger partial charge in [-0.05, 0) is 60.9 Å². The third kappa shape index (κ3) is 5.77. The van der Waals surface area contributed by atoms with Gasteiger partial charge in [0.1, 0.15) is 18.1 Å². The summed E-state index contributed by atoms with van der Waals surface area (Å²) in [7, 11) is -3.88. The van der Waals surface area contributed by atoms with Gasteiger partial charge < -0.3 is 14.8 Å². The minimum atomic E-state index is -3.88. The predicted octanol–water partition coefficient (Wildman–Crippen LogP) is 4.10. The largest absolute Gasteiger partial charge is 0.492 e. The summed E-state index contributed by atoms with van der Waals surface area (Å²) < 4.78 is 39.7. The second-order valence-electron chi connectivity index (χ2n) is 8.46. The molecule has 4 rings (SSSR count). The van der Waals surface area contributed by atoms with Crippen LogP contribution in [-0.2, 0) is 21.2 Å². The number of nitrogens with one attached hydrogen (secondary N) is 1. The number of amides is 1. The second kappa shape index (κ2) is 10.8. The molecule has 0 aliphatic carbocycles. The number of carbonyl (C=O) groups excluding carboxylic acids is 1. The van der Waals surface area contributed by atoms with Gasteiger partial charge in [-0.2, -0.15) is 0 Å². The molecular formula is C27H30N2O5S. The predicted molar refractivity (Wildman–Crippen MR) is 136 cm³/mol. The Bertz CT molecular complexity index is 1260. The minimum absolute atomic E-state index is 0.126. The number of anilines is 1. The molecule has 0 fully saturated rings. The number of carbonyl (C=O) groups is 1. The van der Waals surface area contributed by atoms with E-state index in [2.05, 4.69) is 12.2 Å². The topological polar surface area (TPSA) is 84.9 Å². The molecule has 1 N–H and O–H groups in total. The average Bonchev–Trinajstić information content (AvgIpc) is 2.87. The van der Waals surface area contributed by atoms with E-state index in [1.165, 1.54) is 9.87 Å². The van der Waals surface area contributed by atoms with Gasteiger partial charge in [-0.3, -0.25) is 9.10 Å². The van der Waals surface area contributed by atoms with Crippen molar-refractivity contribution < 1.29 is 22.7 Å². The summed E-state index contributed by atoms with van der Waals surface area (Å²) in [4.78, 5) is 13.1. The fourth-order valence-electron chi connectivity index (χ4n) is 3.94. The smallest absolute Gasteiger partial charge is 0.264 e. The summed E-state index contributed by atoms with van der Waals surface area (Å²) in [6, 6.07) is 21.4. The first-order valence-corrected chi connectivity index (χ1v) is 13.2. The van der Waals surface area contributed by atoms with Gasteiger partial charge >= 0.3 is 0 Å². The summed E-state index contributed by atoms with van der Waals surface area (Å²) in [5.74, 6) is 0.698. The lowest BCUT2D eigenvalue weighted by molar-refractivity contribution is -0.127. The molecule has 0 spiro atoms. The van der Waals surface area contributed by atoms with Crippen molar-refractivity contribution in [3.63, 3.8) is 0 Å². The van der Waals surface area contributed by atoms with Crippen LogP contribution >= 0.6 is 0 Å². The van der Waals surface area contributed by atoms with Crippen molar-refractivity contribution in [3.05, 3.63) is 83.9 Å². The Hall–Kier alpha value is -3.52. The summed E-state index contributed by atoms with van der Waals surface area (Å²) in [6.07, 6.45) is 1.12. The van der Waals surface area contributed by atoms with Crippen LogP contribution in [0.15, 0.2) is 77.7 Å². The Morgan fingerprint density at radius 1 is 1.09 bits per heavy atom. The molecular weight excluding hydrogens is 464 g/mol. The fourth-order valence-corrected chi connectivity index (χ4v) is 5.44. The van der Waals surface area contributed by atoms with E-state index < -0.39 is 22.0 Å². The number of fused-ring (bicyclic) bond motifs is 1. The molecule has 8 heteroatoms. The van der Waals surface area contributed by atoms with Crippen molar-refractivity contribution in [1.82, 2.24) is 5.32 Å². The van der Waals surface area contributed by atoms with Crippen molar-refractivity contribution in [2.24, 2.45) is 0 Å². The molecule has 1 aliphatic heterocycles. The SMILES string of the molecule is CCCc1ccc(OCCNC(=O)C2CN(S(=O)(=O)c3ccccc3)c3ccc(C)cc3O2)cc1. The van der Waals surface area contributed by atoms with E-state index in [-0.39, 0.29) is 24.6 Å². The lowest BCUT2D eigenvalue weighted by atomic mass is 10.1. The highest BCUT2D eigenvalue weighted by atomic mass is 32.2. The first-order chi connectivity index (χ1) is 16.9. The van der Waals surface area contributed by atoms with Crippen LogP contribution in [-0.4, -0.2) is 40.1 Å². The zero-order chi connectivity index (χ0) is 24.8. The third-order valence-corrected chi connectivity index (χ3v) is 7.53. The maximum atomic E-state index is 13.4. The van der Waals surface area contributed by atoms with Crippen LogP contribution in [0.5, 0.6) is 11.5 Å². The van der Waals surface area contributed by atoms with Crippen LogP contribution in [0.3, 0.4) is 0 Å². The van der Waals surface area contributed by atoms with Gasteiger partial charge in [0.2, 0.25) is 0 Å². The number of hydrogen-bond donors (Lipinski definition) is 1. The molecule has 1 aliphatic rings. The Morgan fingerprint density at radius 3 is 2.54 bits per heavy atom. The molecule has 3 aromatic rings. The molecule has 35 heavy (non-hydrogen) atoms. The Balaban J connectivity index is 1.42. The van der Waals surface area contributed by atoms with Crippen molar-refractivity contribution in [1.29, 1.82) is 0 Å². The normalized spacial score (nSPS) is 15.1. The van der Waals surface area contributed by atoms with E-state index in [0.717, 1.165) is 24.2 Å². The summed E-state index contributed by atoms with van der Waals surface area (Å²) >= 11 is 0. The molecule has 1 amide bonds. The molecule has 0 aromatic heterocycles. The van der Waals surface area contributed by atoms with Gasteiger partial charge in [-0.15, -0.1) is 0 Å². The van der Waals surface area contributed by atoms with Crippen molar-refractivity contribution >= 4 is 21.6 Å². The van der Waals surface area contributed by atoms with Gasteiger partial charge in [0, 0.05) is 0 Å². The highest BCUT2D eigenvalue weighted by Gasteiger charge is 2.37. The molecule has 184 valence electrons. The van der Waals surface area contributed by atoms with Gasteiger partial charge in [-0.25, -0.2) is 8.42 Å². The van der Waals surface area contributed by atoms with Crippen LogP contribution in [0, 0.1) is 6.92 Å². The molecule has 1 heterocycles. The Morgan fingerprint density at radius 2 is 1.83 bits per heavy atom. The lowest BCUT2D eigenvalue weighted by Crippen LogP contribution is -2.51. The fraction of sp³-hybridized carbons (Fsp3) is 0.296. The molecule has 1 unspecified atom stereocenters. The lowest BCUT2D eigenvalue weighted by Gasteiger charge is -2.35. The Kier molecular flexibility index (Phi) is 7.60. The number of aryl methyl sites for hydroxylation is 2. The van der Waals surface area contributed by atoms with E-state index in [4.69, 9.17) is 9.47 Å². The summed E-state index contributed by atoms with van der Waals surface area (Å²) in [6.45, 7) is 4.45. The van der Waals surface area contributed by atoms with Crippen LogP contribution < -0.4 is 19.1 Å². The van der Waals surface area contributed by atoms with Crippen LogP contribution in [0.2, 0.25) is 0 Å². The minimum Gasteiger partial charge on any atom is -0.492 e. The summed E-state index contributed by atoms with van der Waals surface area (Å²) in [5.41, 5.74) is 2.58. The van der Waals surface area contributed by atoms with Crippen LogP contribution in [0.4, 0.5) is 5.69 Å². The summed E-state index contributed by atoms with van der Waals surface area (Å²) in [5, 5.41) is 2.80. The van der Waals surface area contributed by atoms with Gasteiger partial charge in [0.05, 0.1) is 23.7 Å². The number of benzene rings is 3. The quantitative estimate of drug-likeness (QED) is 0.453. The zero-order valence-corrected chi connectivity index (χ0v) is 20.8. The number of sulfonamides is 1. The zero-order valence-electron chi connectivity index (χ0n) is 19.9. The maximum Gasteiger partial charge on any atom is 0.264 e.